The van der Waals surface area contributed by atoms with Gasteiger partial charge in [0.25, 0.3) is 16.8 Å². The van der Waals surface area contributed by atoms with Gasteiger partial charge in [-0.1, -0.05) is 97.4 Å². The van der Waals surface area contributed by atoms with Crippen LogP contribution in [0.2, 0.25) is 5.02 Å². The number of nitrogens with one attached hydrogen (secondary N) is 3. The summed E-state index contributed by atoms with van der Waals surface area (Å²) in [7, 11) is 0. The van der Waals surface area contributed by atoms with E-state index in [1.165, 1.54) is 34.7 Å². The van der Waals surface area contributed by atoms with Gasteiger partial charge in [-0.3, -0.25) is 39.4 Å². The Balaban J connectivity index is 1.48. The van der Waals surface area contributed by atoms with E-state index in [2.05, 4.69) is 74.5 Å². The van der Waals surface area contributed by atoms with E-state index < -0.39 is 56.3 Å². The fourth-order valence-corrected chi connectivity index (χ4v) is 8.33. The molecule has 0 radical (unpaired) electrons. The molecular formula is C47H57ClF3N7O9S2. The number of nitro groups is 1. The van der Waals surface area contributed by atoms with Crippen LogP contribution in [-0.2, 0) is 38.6 Å². The maximum absolute atomic E-state index is 14.1. The molecular weight excluding hydrogens is 963 g/mol. The molecule has 0 bridgehead atoms. The molecule has 69 heavy (non-hydrogen) atoms. The molecule has 374 valence electrons. The number of carbonyl (C=O) groups excluding carboxylic acids is 5. The third kappa shape index (κ3) is 17.6. The van der Waals surface area contributed by atoms with Crippen molar-refractivity contribution in [1.82, 2.24) is 15.1 Å². The number of nitrogens with zero attached hydrogens (tertiary/aromatic N) is 4. The first-order valence-electron chi connectivity index (χ1n) is 21.7. The molecule has 0 aliphatic heterocycles. The predicted octanol–water partition coefficient (Wildman–Crippen LogP) is 11.3. The quantitative estimate of drug-likeness (QED) is 0.0200. The standard InChI is InChI=1S/C47H57ClF3N7O9S2/c1-11-57(43(63)69-42-56-55-41(68-42)54-40(62)47(49,50)51)26-29-22-31(58(64)65)16-19-35(29)67-37(38(60)46(8,9)10)39(61)53-33-23-30(15-17-32(33)48)52-36(59)13-12-20-66-34-18-14-27(24-44(2,3)4)21-28(34)25-45(5,6)7/h14-19,21-23,37H,11-13,20,24-26H2,1-10H3,(H,52,59)(H,53,61)(H,54,55,62). The van der Waals surface area contributed by atoms with Crippen molar-refractivity contribution >= 4 is 85.6 Å². The predicted molar refractivity (Wildman–Crippen MR) is 260 cm³/mol. The zero-order valence-electron chi connectivity index (χ0n) is 40.0. The van der Waals surface area contributed by atoms with Crippen LogP contribution in [0.15, 0.2) is 58.9 Å². The van der Waals surface area contributed by atoms with Crippen LogP contribution in [0.25, 0.3) is 0 Å². The Morgan fingerprint density at radius 1 is 0.855 bits per heavy atom. The lowest BCUT2D eigenvalue weighted by atomic mass is 9.84. The molecule has 22 heteroatoms. The third-order valence-corrected chi connectivity index (χ3v) is 11.8. The number of aromatic nitrogens is 2. The Labute approximate surface area is 412 Å². The van der Waals surface area contributed by atoms with Crippen molar-refractivity contribution in [2.24, 2.45) is 16.2 Å². The van der Waals surface area contributed by atoms with Crippen molar-refractivity contribution in [2.45, 2.75) is 118 Å². The van der Waals surface area contributed by atoms with Crippen molar-refractivity contribution in [1.29, 1.82) is 0 Å². The number of ether oxygens (including phenoxy) is 2. The smallest absolute Gasteiger partial charge is 0.471 e. The molecule has 4 amide bonds. The van der Waals surface area contributed by atoms with Crippen LogP contribution in [0.5, 0.6) is 11.5 Å². The summed E-state index contributed by atoms with van der Waals surface area (Å²) in [4.78, 5) is 78.1. The highest BCUT2D eigenvalue weighted by Crippen LogP contribution is 2.35. The SMILES string of the molecule is CCN(Cc1cc([N+](=O)[O-])ccc1OC(C(=O)Nc1cc(NC(=O)CCCOc2ccc(CC(C)(C)C)cc2CC(C)(C)C)ccc1Cl)C(=O)C(C)(C)C)C(=O)Sc1nnc(NC(=O)C(F)(F)F)s1. The number of ketones is 1. The number of halogens is 4. The van der Waals surface area contributed by atoms with Gasteiger partial charge in [-0.2, -0.15) is 13.2 Å². The number of Topliss-reactive ketones (excluding diaryl/α,β-unsaturated/α-hetero) is 1. The molecule has 1 aromatic heterocycles. The molecule has 16 nitrogen and oxygen atoms in total. The highest BCUT2D eigenvalue weighted by molar-refractivity contribution is 8.14. The maximum atomic E-state index is 14.1. The Morgan fingerprint density at radius 2 is 1.52 bits per heavy atom. The van der Waals surface area contributed by atoms with E-state index in [9.17, 15) is 47.3 Å². The number of benzene rings is 3. The molecule has 0 aliphatic rings. The third-order valence-electron chi connectivity index (χ3n) is 9.67. The number of alkyl halides is 3. The van der Waals surface area contributed by atoms with E-state index in [0.717, 1.165) is 36.3 Å². The molecule has 0 saturated carbocycles. The van der Waals surface area contributed by atoms with E-state index in [-0.39, 0.29) is 68.3 Å². The summed E-state index contributed by atoms with van der Waals surface area (Å²) in [6, 6.07) is 14.0. The van der Waals surface area contributed by atoms with Gasteiger partial charge in [-0.25, -0.2) is 0 Å². The second-order valence-electron chi connectivity index (χ2n) is 19.5. The van der Waals surface area contributed by atoms with E-state index in [4.69, 9.17) is 21.1 Å². The van der Waals surface area contributed by atoms with E-state index in [1.807, 2.05) is 6.07 Å². The average molecular weight is 1020 g/mol. The fraction of sp³-hybridized carbons (Fsp3) is 0.468. The summed E-state index contributed by atoms with van der Waals surface area (Å²) >= 11 is 7.47. The molecule has 1 heterocycles. The van der Waals surface area contributed by atoms with Crippen LogP contribution in [0.3, 0.4) is 0 Å². The van der Waals surface area contributed by atoms with Crippen molar-refractivity contribution in [3.8, 4) is 11.5 Å². The average Bonchev–Trinajstić information content (AvgIpc) is 3.66. The number of hydrogen-bond acceptors (Lipinski definition) is 13. The molecule has 4 rings (SSSR count). The highest BCUT2D eigenvalue weighted by Gasteiger charge is 2.40. The molecule has 0 aliphatic carbocycles. The summed E-state index contributed by atoms with van der Waals surface area (Å²) in [5.41, 5.74) is 1.25. The molecule has 1 atom stereocenters. The van der Waals surface area contributed by atoms with Gasteiger partial charge in [-0.05, 0) is 78.5 Å². The number of anilines is 3. The number of thioether (sulfide) groups is 1. The Kier molecular flexibility index (Phi) is 18.8. The van der Waals surface area contributed by atoms with Gasteiger partial charge in [0.15, 0.2) is 10.1 Å². The first-order chi connectivity index (χ1) is 31.9. The number of non-ortho nitro benzene ring substituents is 1. The van der Waals surface area contributed by atoms with Gasteiger partial charge in [0.05, 0.1) is 28.8 Å². The number of amides is 4. The Morgan fingerprint density at radius 3 is 2.13 bits per heavy atom. The lowest BCUT2D eigenvalue weighted by molar-refractivity contribution is -0.385. The lowest BCUT2D eigenvalue weighted by Crippen LogP contribution is -2.45. The maximum Gasteiger partial charge on any atom is 0.471 e. The minimum Gasteiger partial charge on any atom is -0.493 e. The minimum atomic E-state index is -5.19. The summed E-state index contributed by atoms with van der Waals surface area (Å²) in [5.74, 6) is -3.66. The van der Waals surface area contributed by atoms with Crippen LogP contribution in [0.4, 0.5) is 40.2 Å². The van der Waals surface area contributed by atoms with Gasteiger partial charge in [-0.15, -0.1) is 10.2 Å². The fourth-order valence-electron chi connectivity index (χ4n) is 6.53. The van der Waals surface area contributed by atoms with Gasteiger partial charge in [0.1, 0.15) is 11.5 Å². The molecule has 0 fully saturated rings. The molecule has 0 spiro atoms. The second-order valence-corrected chi connectivity index (χ2v) is 22.1. The minimum absolute atomic E-state index is 0.000664. The van der Waals surface area contributed by atoms with Gasteiger partial charge in [0, 0.05) is 53.5 Å². The number of hydrogen-bond donors (Lipinski definition) is 3. The topological polar surface area (TPSA) is 212 Å². The van der Waals surface area contributed by atoms with Crippen LogP contribution in [0, 0.1) is 26.4 Å². The molecule has 0 saturated heterocycles. The highest BCUT2D eigenvalue weighted by atomic mass is 35.5. The molecule has 3 N–H and O–H groups in total. The van der Waals surface area contributed by atoms with E-state index in [1.54, 1.807) is 33.0 Å². The van der Waals surface area contributed by atoms with Gasteiger partial charge < -0.3 is 25.0 Å². The first-order valence-corrected chi connectivity index (χ1v) is 23.7. The summed E-state index contributed by atoms with van der Waals surface area (Å²) < 4.78 is 50.3. The number of carbonyl (C=O) groups is 5. The molecule has 4 aromatic rings. The van der Waals surface area contributed by atoms with Crippen LogP contribution >= 0.6 is 34.7 Å². The van der Waals surface area contributed by atoms with Crippen LogP contribution < -0.4 is 25.4 Å². The molecule has 3 aromatic carbocycles. The summed E-state index contributed by atoms with van der Waals surface area (Å²) in [6.07, 6.45) is -4.80. The second kappa shape index (κ2) is 23.2. The summed E-state index contributed by atoms with van der Waals surface area (Å²) in [5, 5.41) is 24.8. The van der Waals surface area contributed by atoms with Crippen molar-refractivity contribution in [3.63, 3.8) is 0 Å². The van der Waals surface area contributed by atoms with Gasteiger partial charge >= 0.3 is 12.1 Å². The zero-order valence-corrected chi connectivity index (χ0v) is 42.4. The largest absolute Gasteiger partial charge is 0.493 e. The number of nitro benzene ring substituents is 1. The van der Waals surface area contributed by atoms with E-state index >= 15 is 0 Å². The lowest BCUT2D eigenvalue weighted by Gasteiger charge is -2.27. The number of rotatable bonds is 19. The zero-order chi connectivity index (χ0) is 51.6. The first kappa shape index (κ1) is 55.8. The monoisotopic (exact) mass is 1020 g/mol. The van der Waals surface area contributed by atoms with Crippen molar-refractivity contribution in [3.05, 3.63) is 86.4 Å². The Hall–Kier alpha value is -5.80. The van der Waals surface area contributed by atoms with Gasteiger partial charge in [0.2, 0.25) is 17.1 Å². The normalized spacial score (nSPS) is 12.4. The van der Waals surface area contributed by atoms with Crippen LogP contribution in [-0.4, -0.2) is 74.2 Å². The Bertz CT molecular complexity index is 2540. The van der Waals surface area contributed by atoms with Crippen LogP contribution in [0.1, 0.15) is 98.8 Å². The molecule has 1 unspecified atom stereocenters. The van der Waals surface area contributed by atoms with E-state index in [0.29, 0.717) is 36.1 Å². The van der Waals surface area contributed by atoms with Crippen molar-refractivity contribution < 1.29 is 51.5 Å². The summed E-state index contributed by atoms with van der Waals surface area (Å²) in [6.45, 7) is 19.3. The van der Waals surface area contributed by atoms with Crippen molar-refractivity contribution in [2.75, 3.05) is 29.1 Å².